The second-order valence-corrected chi connectivity index (χ2v) is 3.08. The van der Waals surface area contributed by atoms with E-state index in [9.17, 15) is 0 Å². The van der Waals surface area contributed by atoms with Gasteiger partial charge in [0.1, 0.15) is 5.92 Å². The van der Waals surface area contributed by atoms with Gasteiger partial charge in [-0.05, 0) is 17.7 Å². The number of nitriles is 2. The molecule has 1 rings (SSSR count). The van der Waals surface area contributed by atoms with Crippen molar-refractivity contribution >= 4 is 11.6 Å². The fraction of sp³-hybridized carbons (Fsp3) is 0.200. The molecule has 0 aliphatic carbocycles. The molecule has 1 aromatic carbocycles. The van der Waals surface area contributed by atoms with Gasteiger partial charge in [0.2, 0.25) is 0 Å². The zero-order chi connectivity index (χ0) is 9.68. The van der Waals surface area contributed by atoms with Gasteiger partial charge >= 0.3 is 0 Å². The Labute approximate surface area is 82.0 Å². The molecule has 0 atom stereocenters. The van der Waals surface area contributed by atoms with Crippen LogP contribution in [0.5, 0.6) is 0 Å². The third-order valence-corrected chi connectivity index (χ3v) is 1.88. The third kappa shape index (κ3) is 2.78. The molecule has 0 fully saturated rings. The van der Waals surface area contributed by atoms with Crippen molar-refractivity contribution in [3.63, 3.8) is 0 Å². The van der Waals surface area contributed by atoms with Crippen molar-refractivity contribution in [3.05, 3.63) is 34.9 Å². The van der Waals surface area contributed by atoms with Crippen LogP contribution in [0.2, 0.25) is 5.02 Å². The summed E-state index contributed by atoms with van der Waals surface area (Å²) in [6, 6.07) is 11.0. The predicted molar refractivity (Wildman–Crippen MR) is 49.9 cm³/mol. The first-order valence-electron chi connectivity index (χ1n) is 3.80. The number of halogens is 1. The number of hydrogen-bond donors (Lipinski definition) is 0. The average molecular weight is 191 g/mol. The quantitative estimate of drug-likeness (QED) is 0.720. The van der Waals surface area contributed by atoms with Gasteiger partial charge in [-0.3, -0.25) is 0 Å². The van der Waals surface area contributed by atoms with E-state index < -0.39 is 5.92 Å². The lowest BCUT2D eigenvalue weighted by Gasteiger charge is -2.00. The van der Waals surface area contributed by atoms with E-state index in [-0.39, 0.29) is 0 Å². The molecule has 0 unspecified atom stereocenters. The highest BCUT2D eigenvalue weighted by atomic mass is 35.5. The Balaban J connectivity index is 2.76. The normalized spacial score (nSPS) is 9.23. The van der Waals surface area contributed by atoms with Crippen LogP contribution in [-0.2, 0) is 6.42 Å². The van der Waals surface area contributed by atoms with E-state index >= 15 is 0 Å². The van der Waals surface area contributed by atoms with E-state index in [1.54, 1.807) is 12.1 Å². The van der Waals surface area contributed by atoms with Crippen molar-refractivity contribution in [1.82, 2.24) is 0 Å². The Morgan fingerprint density at radius 1 is 1.31 bits per heavy atom. The number of hydrogen-bond acceptors (Lipinski definition) is 2. The highest BCUT2D eigenvalue weighted by Crippen LogP contribution is 2.13. The summed E-state index contributed by atoms with van der Waals surface area (Å²) in [5.41, 5.74) is 0.917. The van der Waals surface area contributed by atoms with Crippen LogP contribution in [0.25, 0.3) is 0 Å². The van der Waals surface area contributed by atoms with Crippen LogP contribution in [0.4, 0.5) is 0 Å². The minimum Gasteiger partial charge on any atom is -0.197 e. The highest BCUT2D eigenvalue weighted by Gasteiger charge is 2.06. The lowest BCUT2D eigenvalue weighted by molar-refractivity contribution is 0.834. The van der Waals surface area contributed by atoms with E-state index in [2.05, 4.69) is 0 Å². The zero-order valence-corrected chi connectivity index (χ0v) is 7.62. The Morgan fingerprint density at radius 2 is 2.00 bits per heavy atom. The van der Waals surface area contributed by atoms with Gasteiger partial charge in [0.25, 0.3) is 0 Å². The minimum absolute atomic E-state index is 0.438. The molecule has 1 aromatic rings. The fourth-order valence-corrected chi connectivity index (χ4v) is 1.23. The first-order chi connectivity index (χ1) is 6.26. The lowest BCUT2D eigenvalue weighted by Crippen LogP contribution is -1.97. The van der Waals surface area contributed by atoms with Crippen molar-refractivity contribution in [3.8, 4) is 12.1 Å². The minimum atomic E-state index is -0.585. The average Bonchev–Trinajstić information content (AvgIpc) is 2.14. The molecule has 0 saturated heterocycles. The van der Waals surface area contributed by atoms with Gasteiger partial charge in [-0.15, -0.1) is 0 Å². The van der Waals surface area contributed by atoms with Crippen molar-refractivity contribution < 1.29 is 0 Å². The maximum absolute atomic E-state index is 8.55. The molecule has 0 spiro atoms. The van der Waals surface area contributed by atoms with Gasteiger partial charge < -0.3 is 0 Å². The zero-order valence-electron chi connectivity index (χ0n) is 6.87. The Kier molecular flexibility index (Phi) is 3.31. The third-order valence-electron chi connectivity index (χ3n) is 1.64. The topological polar surface area (TPSA) is 47.6 Å². The maximum Gasteiger partial charge on any atom is 0.137 e. The summed E-state index contributed by atoms with van der Waals surface area (Å²) in [5, 5.41) is 17.7. The molecule has 64 valence electrons. The van der Waals surface area contributed by atoms with Crippen molar-refractivity contribution in [2.45, 2.75) is 6.42 Å². The molecular formula is C10H7ClN2. The summed E-state index contributed by atoms with van der Waals surface area (Å²) in [6.07, 6.45) is 0.438. The van der Waals surface area contributed by atoms with E-state index in [1.807, 2.05) is 24.3 Å². The molecule has 0 heterocycles. The van der Waals surface area contributed by atoms with Crippen LogP contribution >= 0.6 is 11.6 Å². The second kappa shape index (κ2) is 4.50. The van der Waals surface area contributed by atoms with E-state index in [0.717, 1.165) is 5.56 Å². The van der Waals surface area contributed by atoms with Crippen LogP contribution in [0.3, 0.4) is 0 Å². The molecule has 0 radical (unpaired) electrons. The monoisotopic (exact) mass is 190 g/mol. The Hall–Kier alpha value is -1.51. The molecule has 0 amide bonds. The molecule has 0 N–H and O–H groups in total. The fourth-order valence-electron chi connectivity index (χ4n) is 1.02. The molecule has 3 heteroatoms. The summed E-state index contributed by atoms with van der Waals surface area (Å²) in [4.78, 5) is 0. The van der Waals surface area contributed by atoms with E-state index in [4.69, 9.17) is 22.1 Å². The van der Waals surface area contributed by atoms with Crippen LogP contribution in [0, 0.1) is 28.6 Å². The van der Waals surface area contributed by atoms with Crippen molar-refractivity contribution in [2.75, 3.05) is 0 Å². The molecule has 2 nitrogen and oxygen atoms in total. The summed E-state index contributed by atoms with van der Waals surface area (Å²) >= 11 is 5.75. The van der Waals surface area contributed by atoms with Gasteiger partial charge in [-0.1, -0.05) is 23.7 Å². The van der Waals surface area contributed by atoms with Gasteiger partial charge in [0.15, 0.2) is 0 Å². The molecule has 0 aliphatic rings. The maximum atomic E-state index is 8.55. The van der Waals surface area contributed by atoms with Gasteiger partial charge in [-0.2, -0.15) is 10.5 Å². The van der Waals surface area contributed by atoms with Crippen molar-refractivity contribution in [2.24, 2.45) is 5.92 Å². The standard InChI is InChI=1S/C10H7ClN2/c11-10-3-1-2-8(5-10)4-9(6-12)7-13/h1-3,5,9H,4H2. The summed E-state index contributed by atoms with van der Waals surface area (Å²) in [7, 11) is 0. The van der Waals surface area contributed by atoms with Crippen LogP contribution in [0.1, 0.15) is 5.56 Å². The van der Waals surface area contributed by atoms with Crippen LogP contribution < -0.4 is 0 Å². The number of benzene rings is 1. The van der Waals surface area contributed by atoms with Crippen LogP contribution in [-0.4, -0.2) is 0 Å². The summed E-state index contributed by atoms with van der Waals surface area (Å²) in [5.74, 6) is -0.585. The molecule has 13 heavy (non-hydrogen) atoms. The Morgan fingerprint density at radius 3 is 2.54 bits per heavy atom. The SMILES string of the molecule is N#CC(C#N)Cc1cccc(Cl)c1. The van der Waals surface area contributed by atoms with Gasteiger partial charge in [-0.25, -0.2) is 0 Å². The second-order valence-electron chi connectivity index (χ2n) is 2.64. The molecular weight excluding hydrogens is 184 g/mol. The predicted octanol–water partition coefficient (Wildman–Crippen LogP) is 2.55. The molecule has 0 saturated carbocycles. The smallest absolute Gasteiger partial charge is 0.137 e. The number of rotatable bonds is 2. The molecule has 0 aromatic heterocycles. The van der Waals surface area contributed by atoms with E-state index in [0.29, 0.717) is 11.4 Å². The lowest BCUT2D eigenvalue weighted by atomic mass is 10.0. The number of nitrogens with zero attached hydrogens (tertiary/aromatic N) is 2. The van der Waals surface area contributed by atoms with Gasteiger partial charge in [0.05, 0.1) is 12.1 Å². The summed E-state index contributed by atoms with van der Waals surface area (Å²) in [6.45, 7) is 0. The summed E-state index contributed by atoms with van der Waals surface area (Å²) < 4.78 is 0. The van der Waals surface area contributed by atoms with Crippen molar-refractivity contribution in [1.29, 1.82) is 10.5 Å². The van der Waals surface area contributed by atoms with E-state index in [1.165, 1.54) is 0 Å². The molecule has 0 bridgehead atoms. The Bertz CT molecular complexity index is 359. The first-order valence-corrected chi connectivity index (χ1v) is 4.17. The first kappa shape index (κ1) is 9.58. The molecule has 0 aliphatic heterocycles. The van der Waals surface area contributed by atoms with Crippen LogP contribution in [0.15, 0.2) is 24.3 Å². The largest absolute Gasteiger partial charge is 0.197 e. The van der Waals surface area contributed by atoms with Gasteiger partial charge in [0, 0.05) is 11.4 Å². The highest BCUT2D eigenvalue weighted by molar-refractivity contribution is 6.30.